The second kappa shape index (κ2) is 8.65. The number of carbonyl (C=O) groups excluding carboxylic acids is 1. The Labute approximate surface area is 165 Å². The molecule has 0 bridgehead atoms. The molecule has 1 heterocycles. The summed E-state index contributed by atoms with van der Waals surface area (Å²) >= 11 is 0. The first-order valence-corrected chi connectivity index (χ1v) is 9.14. The summed E-state index contributed by atoms with van der Waals surface area (Å²) in [6, 6.07) is 15.3. The molecule has 5 nitrogen and oxygen atoms in total. The van der Waals surface area contributed by atoms with Gasteiger partial charge in [0.2, 0.25) is 0 Å². The Morgan fingerprint density at radius 1 is 0.964 bits per heavy atom. The summed E-state index contributed by atoms with van der Waals surface area (Å²) in [6.07, 6.45) is 0.505. The number of nitrogens with one attached hydrogen (secondary N) is 1. The number of hydrogen-bond donors (Lipinski definition) is 1. The molecule has 0 saturated carbocycles. The van der Waals surface area contributed by atoms with E-state index < -0.39 is 0 Å². The first kappa shape index (κ1) is 19.5. The fourth-order valence-electron chi connectivity index (χ4n) is 2.99. The van der Waals surface area contributed by atoms with Crippen LogP contribution in [0.2, 0.25) is 0 Å². The summed E-state index contributed by atoms with van der Waals surface area (Å²) in [5, 5.41) is 2.90. The van der Waals surface area contributed by atoms with Gasteiger partial charge >= 0.3 is 0 Å². The van der Waals surface area contributed by atoms with Crippen molar-refractivity contribution in [1.82, 2.24) is 5.32 Å². The lowest BCUT2D eigenvalue weighted by Gasteiger charge is -2.09. The number of amides is 1. The molecule has 0 fully saturated rings. The SMILES string of the molecule is COc1ccc(OC)c(Cc2ccc(C(=O)NCc3ccc(C)c(C)c3)o2)c1. The van der Waals surface area contributed by atoms with Crippen molar-refractivity contribution < 1.29 is 18.7 Å². The maximum atomic E-state index is 12.4. The molecule has 0 atom stereocenters. The van der Waals surface area contributed by atoms with Gasteiger partial charge < -0.3 is 19.2 Å². The Kier molecular flexibility index (Phi) is 6.04. The molecule has 0 aliphatic carbocycles. The second-order valence-corrected chi connectivity index (χ2v) is 6.72. The zero-order valence-electron chi connectivity index (χ0n) is 16.7. The number of hydrogen-bond acceptors (Lipinski definition) is 4. The normalized spacial score (nSPS) is 10.6. The van der Waals surface area contributed by atoms with Crippen molar-refractivity contribution >= 4 is 5.91 Å². The molecular formula is C23H25NO4. The highest BCUT2D eigenvalue weighted by Gasteiger charge is 2.13. The number of rotatable bonds is 7. The zero-order valence-corrected chi connectivity index (χ0v) is 16.7. The molecular weight excluding hydrogens is 354 g/mol. The molecule has 146 valence electrons. The third-order valence-electron chi connectivity index (χ3n) is 4.76. The van der Waals surface area contributed by atoms with Gasteiger partial charge in [0.05, 0.1) is 14.2 Å². The van der Waals surface area contributed by atoms with Gasteiger partial charge in [0.25, 0.3) is 5.91 Å². The van der Waals surface area contributed by atoms with E-state index in [4.69, 9.17) is 13.9 Å². The Balaban J connectivity index is 1.66. The lowest BCUT2D eigenvalue weighted by atomic mass is 10.1. The smallest absolute Gasteiger partial charge is 0.287 e. The van der Waals surface area contributed by atoms with Gasteiger partial charge in [-0.1, -0.05) is 18.2 Å². The summed E-state index contributed by atoms with van der Waals surface area (Å²) in [5.74, 6) is 2.23. The van der Waals surface area contributed by atoms with E-state index in [0.29, 0.717) is 24.5 Å². The summed E-state index contributed by atoms with van der Waals surface area (Å²) in [4.78, 5) is 12.4. The molecule has 5 heteroatoms. The van der Waals surface area contributed by atoms with Crippen molar-refractivity contribution in [2.75, 3.05) is 14.2 Å². The minimum atomic E-state index is -0.234. The Bertz CT molecular complexity index is 974. The molecule has 1 amide bonds. The standard InChI is InChI=1S/C23H25NO4/c1-15-5-6-17(11-16(15)2)14-24-23(25)22-10-8-20(28-22)13-18-12-19(26-3)7-9-21(18)27-4/h5-12H,13-14H2,1-4H3,(H,24,25). The summed E-state index contributed by atoms with van der Waals surface area (Å²) in [7, 11) is 3.25. The predicted octanol–water partition coefficient (Wildman–Crippen LogP) is 4.43. The monoisotopic (exact) mass is 379 g/mol. The molecule has 0 aliphatic heterocycles. The van der Waals surface area contributed by atoms with Crippen LogP contribution >= 0.6 is 0 Å². The summed E-state index contributed by atoms with van der Waals surface area (Å²) in [6.45, 7) is 4.59. The van der Waals surface area contributed by atoms with Crippen molar-refractivity contribution in [2.45, 2.75) is 26.8 Å². The van der Waals surface area contributed by atoms with E-state index in [2.05, 4.69) is 31.3 Å². The van der Waals surface area contributed by atoms with Crippen molar-refractivity contribution in [3.05, 3.63) is 82.3 Å². The number of furan rings is 1. The van der Waals surface area contributed by atoms with Crippen LogP contribution in [0.1, 0.15) is 38.6 Å². The van der Waals surface area contributed by atoms with Crippen LogP contribution in [0.3, 0.4) is 0 Å². The number of carbonyl (C=O) groups is 1. The van der Waals surface area contributed by atoms with E-state index in [0.717, 1.165) is 22.6 Å². The minimum Gasteiger partial charge on any atom is -0.497 e. The topological polar surface area (TPSA) is 60.7 Å². The summed E-state index contributed by atoms with van der Waals surface area (Å²) in [5.41, 5.74) is 4.43. The first-order valence-electron chi connectivity index (χ1n) is 9.14. The van der Waals surface area contributed by atoms with Gasteiger partial charge in [-0.15, -0.1) is 0 Å². The molecule has 0 radical (unpaired) electrons. The third-order valence-corrected chi connectivity index (χ3v) is 4.76. The maximum Gasteiger partial charge on any atom is 0.287 e. The van der Waals surface area contributed by atoms with Crippen molar-refractivity contribution in [2.24, 2.45) is 0 Å². The van der Waals surface area contributed by atoms with Crippen LogP contribution in [0, 0.1) is 13.8 Å². The van der Waals surface area contributed by atoms with E-state index in [9.17, 15) is 4.79 Å². The molecule has 1 aromatic heterocycles. The molecule has 2 aromatic carbocycles. The highest BCUT2D eigenvalue weighted by Crippen LogP contribution is 2.27. The number of methoxy groups -OCH3 is 2. The number of aryl methyl sites for hydroxylation is 2. The van der Waals surface area contributed by atoms with Crippen LogP contribution in [0.25, 0.3) is 0 Å². The fourth-order valence-corrected chi connectivity index (χ4v) is 2.99. The van der Waals surface area contributed by atoms with Crippen LogP contribution in [-0.4, -0.2) is 20.1 Å². The predicted molar refractivity (Wildman–Crippen MR) is 108 cm³/mol. The Morgan fingerprint density at radius 2 is 1.79 bits per heavy atom. The highest BCUT2D eigenvalue weighted by molar-refractivity contribution is 5.91. The molecule has 0 saturated heterocycles. The molecule has 0 spiro atoms. The highest BCUT2D eigenvalue weighted by atomic mass is 16.5. The van der Waals surface area contributed by atoms with Crippen LogP contribution in [-0.2, 0) is 13.0 Å². The van der Waals surface area contributed by atoms with E-state index in [1.54, 1.807) is 20.3 Å². The van der Waals surface area contributed by atoms with Gasteiger partial charge in [0, 0.05) is 18.5 Å². The third kappa shape index (κ3) is 4.55. The Hall–Kier alpha value is -3.21. The first-order chi connectivity index (χ1) is 13.5. The van der Waals surface area contributed by atoms with Crippen molar-refractivity contribution in [3.63, 3.8) is 0 Å². The second-order valence-electron chi connectivity index (χ2n) is 6.72. The number of ether oxygens (including phenoxy) is 2. The average molecular weight is 379 g/mol. The van der Waals surface area contributed by atoms with E-state index in [-0.39, 0.29) is 5.91 Å². The van der Waals surface area contributed by atoms with Gasteiger partial charge in [-0.25, -0.2) is 0 Å². The molecule has 1 N–H and O–H groups in total. The lowest BCUT2D eigenvalue weighted by molar-refractivity contribution is 0.0921. The molecule has 28 heavy (non-hydrogen) atoms. The number of benzene rings is 2. The van der Waals surface area contributed by atoms with Crippen molar-refractivity contribution in [1.29, 1.82) is 0 Å². The van der Waals surface area contributed by atoms with Crippen LogP contribution in [0.4, 0.5) is 0 Å². The zero-order chi connectivity index (χ0) is 20.1. The van der Waals surface area contributed by atoms with Gasteiger partial charge in [-0.3, -0.25) is 4.79 Å². The van der Waals surface area contributed by atoms with Gasteiger partial charge in [0.15, 0.2) is 5.76 Å². The summed E-state index contributed by atoms with van der Waals surface area (Å²) < 4.78 is 16.4. The quantitative estimate of drug-likeness (QED) is 0.659. The van der Waals surface area contributed by atoms with E-state index >= 15 is 0 Å². The van der Waals surface area contributed by atoms with Crippen molar-refractivity contribution in [3.8, 4) is 11.5 Å². The average Bonchev–Trinajstić information content (AvgIpc) is 3.17. The van der Waals surface area contributed by atoms with Gasteiger partial charge in [-0.2, -0.15) is 0 Å². The largest absolute Gasteiger partial charge is 0.497 e. The fraction of sp³-hybridized carbons (Fsp3) is 0.261. The van der Waals surface area contributed by atoms with Gasteiger partial charge in [-0.05, 0) is 60.9 Å². The van der Waals surface area contributed by atoms with Crippen LogP contribution in [0.15, 0.2) is 52.9 Å². The molecule has 0 unspecified atom stereocenters. The van der Waals surface area contributed by atoms with Gasteiger partial charge in [0.1, 0.15) is 17.3 Å². The molecule has 3 rings (SSSR count). The molecule has 0 aliphatic rings. The minimum absolute atomic E-state index is 0.234. The Morgan fingerprint density at radius 3 is 2.50 bits per heavy atom. The van der Waals surface area contributed by atoms with E-state index in [1.807, 2.05) is 30.3 Å². The van der Waals surface area contributed by atoms with E-state index in [1.165, 1.54) is 11.1 Å². The van der Waals surface area contributed by atoms with Crippen LogP contribution < -0.4 is 14.8 Å². The lowest BCUT2D eigenvalue weighted by Crippen LogP contribution is -2.22. The van der Waals surface area contributed by atoms with Crippen LogP contribution in [0.5, 0.6) is 11.5 Å². The maximum absolute atomic E-state index is 12.4. The molecule has 3 aromatic rings.